The van der Waals surface area contributed by atoms with E-state index in [0.29, 0.717) is 12.2 Å². The predicted octanol–water partition coefficient (Wildman–Crippen LogP) is 4.17. The van der Waals surface area contributed by atoms with E-state index in [1.807, 2.05) is 41.8 Å². The molecule has 3 aromatic rings. The first-order valence-electron chi connectivity index (χ1n) is 10.2. The summed E-state index contributed by atoms with van der Waals surface area (Å²) < 4.78 is 0. The molecule has 0 spiro atoms. The second-order valence-electron chi connectivity index (χ2n) is 7.32. The van der Waals surface area contributed by atoms with E-state index in [1.54, 1.807) is 11.3 Å². The van der Waals surface area contributed by atoms with Crippen molar-refractivity contribution in [1.82, 2.24) is 5.32 Å². The molecule has 2 amide bonds. The molecule has 0 fully saturated rings. The Morgan fingerprint density at radius 3 is 2.57 bits per heavy atom. The molecule has 2 N–H and O–H groups in total. The van der Waals surface area contributed by atoms with Crippen LogP contribution >= 0.6 is 11.3 Å². The summed E-state index contributed by atoms with van der Waals surface area (Å²) in [5, 5.41) is 7.55. The van der Waals surface area contributed by atoms with Crippen LogP contribution in [0.3, 0.4) is 0 Å². The first kappa shape index (κ1) is 20.2. The van der Waals surface area contributed by atoms with Crippen LogP contribution < -0.4 is 15.5 Å². The van der Waals surface area contributed by atoms with E-state index in [0.717, 1.165) is 19.4 Å². The molecule has 0 saturated carbocycles. The van der Waals surface area contributed by atoms with Crippen LogP contribution in [0, 0.1) is 0 Å². The van der Waals surface area contributed by atoms with E-state index in [4.69, 9.17) is 0 Å². The normalized spacial score (nSPS) is 13.6. The number of anilines is 2. The van der Waals surface area contributed by atoms with Crippen molar-refractivity contribution < 1.29 is 9.59 Å². The van der Waals surface area contributed by atoms with Gasteiger partial charge in [0.05, 0.1) is 6.04 Å². The van der Waals surface area contributed by atoms with Gasteiger partial charge in [-0.1, -0.05) is 43.3 Å². The standard InChI is InChI=1S/C24H25N3O2S/c1-2-17-9-11-19(12-10-17)26-24(29)23(28)25-16-21(22-8-5-15-30-22)27-14-13-18-6-3-4-7-20(18)27/h3-12,15,21H,2,13-14,16H2,1H3,(H,25,28)(H,26,29)/t21-/m1/s1. The third kappa shape index (κ3) is 4.39. The number of fused-ring (bicyclic) bond motifs is 1. The predicted molar refractivity (Wildman–Crippen MR) is 122 cm³/mol. The molecule has 0 unspecified atom stereocenters. The SMILES string of the molecule is CCc1ccc(NC(=O)C(=O)NC[C@H](c2cccs2)N2CCc3ccccc32)cc1. The van der Waals surface area contributed by atoms with Gasteiger partial charge < -0.3 is 15.5 Å². The van der Waals surface area contributed by atoms with Crippen LogP contribution in [0.5, 0.6) is 0 Å². The van der Waals surface area contributed by atoms with Gasteiger partial charge in [-0.2, -0.15) is 0 Å². The Bertz CT molecular complexity index is 1020. The Morgan fingerprint density at radius 2 is 1.83 bits per heavy atom. The third-order valence-corrected chi connectivity index (χ3v) is 6.43. The van der Waals surface area contributed by atoms with Gasteiger partial charge in [0.25, 0.3) is 0 Å². The van der Waals surface area contributed by atoms with E-state index in [2.05, 4.69) is 46.7 Å². The molecule has 154 valence electrons. The number of hydrogen-bond donors (Lipinski definition) is 2. The van der Waals surface area contributed by atoms with Gasteiger partial charge in [0.2, 0.25) is 0 Å². The lowest BCUT2D eigenvalue weighted by Gasteiger charge is -2.30. The Morgan fingerprint density at radius 1 is 1.03 bits per heavy atom. The lowest BCUT2D eigenvalue weighted by molar-refractivity contribution is -0.136. The van der Waals surface area contributed by atoms with Gasteiger partial charge in [-0.25, -0.2) is 0 Å². The number of rotatable bonds is 6. The molecule has 6 heteroatoms. The lowest BCUT2D eigenvalue weighted by atomic mass is 10.1. The van der Waals surface area contributed by atoms with Crippen LogP contribution in [-0.2, 0) is 22.4 Å². The fourth-order valence-corrected chi connectivity index (χ4v) is 4.65. The monoisotopic (exact) mass is 419 g/mol. The molecule has 0 bridgehead atoms. The fraction of sp³-hybridized carbons (Fsp3) is 0.250. The molecule has 0 aliphatic carbocycles. The summed E-state index contributed by atoms with van der Waals surface area (Å²) in [5.41, 5.74) is 4.32. The summed E-state index contributed by atoms with van der Waals surface area (Å²) in [6.07, 6.45) is 1.92. The first-order chi connectivity index (χ1) is 14.7. The van der Waals surface area contributed by atoms with E-state index in [1.165, 1.54) is 21.7 Å². The number of benzene rings is 2. The molecule has 30 heavy (non-hydrogen) atoms. The molecule has 2 aromatic carbocycles. The minimum atomic E-state index is -0.647. The molecule has 1 aliphatic rings. The molecule has 2 heterocycles. The Kier molecular flexibility index (Phi) is 6.14. The number of amides is 2. The van der Waals surface area contributed by atoms with Gasteiger partial charge in [-0.15, -0.1) is 11.3 Å². The number of para-hydroxylation sites is 1. The molecule has 5 nitrogen and oxygen atoms in total. The maximum Gasteiger partial charge on any atom is 0.313 e. The average molecular weight is 420 g/mol. The van der Waals surface area contributed by atoms with Crippen LogP contribution in [0.15, 0.2) is 66.0 Å². The van der Waals surface area contributed by atoms with Crippen LogP contribution in [0.25, 0.3) is 0 Å². The second kappa shape index (κ2) is 9.13. The summed E-state index contributed by atoms with van der Waals surface area (Å²) in [7, 11) is 0. The first-order valence-corrected chi connectivity index (χ1v) is 11.1. The van der Waals surface area contributed by atoms with Gasteiger partial charge in [0, 0.05) is 29.3 Å². The largest absolute Gasteiger partial charge is 0.361 e. The van der Waals surface area contributed by atoms with Crippen molar-refractivity contribution >= 4 is 34.5 Å². The Labute approximate surface area is 180 Å². The minimum absolute atomic E-state index is 0.00534. The summed E-state index contributed by atoms with van der Waals surface area (Å²) in [5.74, 6) is -1.27. The molecule has 1 aromatic heterocycles. The zero-order chi connectivity index (χ0) is 20.9. The summed E-state index contributed by atoms with van der Waals surface area (Å²) >= 11 is 1.67. The van der Waals surface area contributed by atoms with Crippen LogP contribution in [-0.4, -0.2) is 24.9 Å². The van der Waals surface area contributed by atoms with Gasteiger partial charge in [0.1, 0.15) is 0 Å². The van der Waals surface area contributed by atoms with Crippen molar-refractivity contribution in [3.8, 4) is 0 Å². The third-order valence-electron chi connectivity index (χ3n) is 5.45. The van der Waals surface area contributed by atoms with Crippen molar-refractivity contribution in [2.45, 2.75) is 25.8 Å². The quantitative estimate of drug-likeness (QED) is 0.590. The van der Waals surface area contributed by atoms with Crippen LogP contribution in [0.1, 0.15) is 29.0 Å². The van der Waals surface area contributed by atoms with Crippen molar-refractivity contribution in [2.24, 2.45) is 0 Å². The zero-order valence-corrected chi connectivity index (χ0v) is 17.7. The molecule has 0 radical (unpaired) electrons. The number of carbonyl (C=O) groups excluding carboxylic acids is 2. The van der Waals surface area contributed by atoms with E-state index in [9.17, 15) is 9.59 Å². The van der Waals surface area contributed by atoms with Crippen LogP contribution in [0.4, 0.5) is 11.4 Å². The lowest BCUT2D eigenvalue weighted by Crippen LogP contribution is -2.41. The maximum absolute atomic E-state index is 12.5. The van der Waals surface area contributed by atoms with Gasteiger partial charge >= 0.3 is 11.8 Å². The van der Waals surface area contributed by atoms with Crippen molar-refractivity contribution in [1.29, 1.82) is 0 Å². The number of aryl methyl sites for hydroxylation is 1. The molecular formula is C24H25N3O2S. The number of nitrogens with one attached hydrogen (secondary N) is 2. The Balaban J connectivity index is 1.42. The highest BCUT2D eigenvalue weighted by Gasteiger charge is 2.28. The van der Waals surface area contributed by atoms with Gasteiger partial charge in [-0.3, -0.25) is 9.59 Å². The number of nitrogens with zero attached hydrogens (tertiary/aromatic N) is 1. The van der Waals surface area contributed by atoms with E-state index >= 15 is 0 Å². The number of hydrogen-bond acceptors (Lipinski definition) is 4. The second-order valence-corrected chi connectivity index (χ2v) is 8.30. The van der Waals surface area contributed by atoms with Gasteiger partial charge in [0.15, 0.2) is 0 Å². The highest BCUT2D eigenvalue weighted by molar-refractivity contribution is 7.10. The summed E-state index contributed by atoms with van der Waals surface area (Å²) in [4.78, 5) is 28.3. The zero-order valence-electron chi connectivity index (χ0n) is 16.9. The minimum Gasteiger partial charge on any atom is -0.361 e. The van der Waals surface area contributed by atoms with E-state index < -0.39 is 11.8 Å². The molecule has 1 aliphatic heterocycles. The Hall–Kier alpha value is -3.12. The highest BCUT2D eigenvalue weighted by Crippen LogP contribution is 2.36. The van der Waals surface area contributed by atoms with Crippen molar-refractivity contribution in [2.75, 3.05) is 23.3 Å². The van der Waals surface area contributed by atoms with Gasteiger partial charge in [-0.05, 0) is 53.6 Å². The molecular weight excluding hydrogens is 394 g/mol. The summed E-state index contributed by atoms with van der Waals surface area (Å²) in [6.45, 7) is 3.34. The topological polar surface area (TPSA) is 61.4 Å². The average Bonchev–Trinajstić information content (AvgIpc) is 3.45. The van der Waals surface area contributed by atoms with Crippen LogP contribution in [0.2, 0.25) is 0 Å². The fourth-order valence-electron chi connectivity index (χ4n) is 3.81. The molecule has 0 saturated heterocycles. The maximum atomic E-state index is 12.5. The smallest absolute Gasteiger partial charge is 0.313 e. The van der Waals surface area contributed by atoms with Crippen molar-refractivity contribution in [3.05, 3.63) is 82.0 Å². The highest BCUT2D eigenvalue weighted by atomic mass is 32.1. The summed E-state index contributed by atoms with van der Waals surface area (Å²) in [6, 6.07) is 20.0. The molecule has 1 atom stereocenters. The number of thiophene rings is 1. The molecule has 4 rings (SSSR count). The number of carbonyl (C=O) groups is 2. The van der Waals surface area contributed by atoms with E-state index in [-0.39, 0.29) is 6.04 Å². The van der Waals surface area contributed by atoms with Crippen molar-refractivity contribution in [3.63, 3.8) is 0 Å².